The van der Waals surface area contributed by atoms with Crippen LogP contribution >= 0.6 is 0 Å². The van der Waals surface area contributed by atoms with Crippen molar-refractivity contribution in [2.24, 2.45) is 0 Å². The number of carbonyl (C=O) groups is 1. The topological polar surface area (TPSA) is 23.6 Å². The van der Waals surface area contributed by atoms with Crippen LogP contribution in [0, 0.1) is 0 Å². The van der Waals surface area contributed by atoms with E-state index in [1.807, 2.05) is 11.1 Å². The van der Waals surface area contributed by atoms with E-state index in [2.05, 4.69) is 11.5 Å². The predicted molar refractivity (Wildman–Crippen MR) is 44.0 cm³/mol. The third kappa shape index (κ3) is 1.97. The van der Waals surface area contributed by atoms with Crippen LogP contribution in [0.5, 0.6) is 0 Å². The Bertz CT molecular complexity index is 159. The monoisotopic (exact) mass is 154 g/mol. The number of piperazine rings is 1. The van der Waals surface area contributed by atoms with Crippen LogP contribution in [0.25, 0.3) is 0 Å². The van der Waals surface area contributed by atoms with E-state index in [1.165, 1.54) is 0 Å². The number of rotatable bonds is 1. The van der Waals surface area contributed by atoms with Gasteiger partial charge < -0.3 is 9.80 Å². The highest BCUT2D eigenvalue weighted by Crippen LogP contribution is 2.00. The van der Waals surface area contributed by atoms with Crippen LogP contribution in [-0.2, 0) is 4.79 Å². The van der Waals surface area contributed by atoms with Gasteiger partial charge in [0.05, 0.1) is 0 Å². The third-order valence-electron chi connectivity index (χ3n) is 2.02. The molecule has 1 rings (SSSR count). The fourth-order valence-electron chi connectivity index (χ4n) is 1.22. The summed E-state index contributed by atoms with van der Waals surface area (Å²) in [6.45, 7) is 8.80. The maximum atomic E-state index is 10.9. The van der Waals surface area contributed by atoms with Gasteiger partial charge >= 0.3 is 0 Å². The highest BCUT2D eigenvalue weighted by molar-refractivity contribution is 5.73. The van der Waals surface area contributed by atoms with Crippen LogP contribution in [0.3, 0.4) is 0 Å². The first-order valence-electron chi connectivity index (χ1n) is 3.86. The van der Waals surface area contributed by atoms with Crippen molar-refractivity contribution in [1.82, 2.24) is 9.80 Å². The summed E-state index contributed by atoms with van der Waals surface area (Å²) in [6.07, 6.45) is 1.83. The Kier molecular flexibility index (Phi) is 2.52. The van der Waals surface area contributed by atoms with E-state index < -0.39 is 0 Å². The van der Waals surface area contributed by atoms with Crippen molar-refractivity contribution in [3.05, 3.63) is 12.8 Å². The molecule has 11 heavy (non-hydrogen) atoms. The molecule has 0 aromatic heterocycles. The Morgan fingerprint density at radius 3 is 2.27 bits per heavy atom. The average Bonchev–Trinajstić information content (AvgIpc) is 2.05. The molecular weight excluding hydrogens is 140 g/mol. The lowest BCUT2D eigenvalue weighted by molar-refractivity contribution is -0.130. The SMILES string of the molecule is C=CN1CCN(C(C)=O)CC1. The Morgan fingerprint density at radius 2 is 1.91 bits per heavy atom. The van der Waals surface area contributed by atoms with Gasteiger partial charge in [0.2, 0.25) is 5.91 Å². The van der Waals surface area contributed by atoms with Crippen LogP contribution < -0.4 is 0 Å². The first kappa shape index (κ1) is 8.11. The maximum Gasteiger partial charge on any atom is 0.219 e. The first-order valence-corrected chi connectivity index (χ1v) is 3.86. The van der Waals surface area contributed by atoms with Gasteiger partial charge in [-0.1, -0.05) is 6.58 Å². The minimum Gasteiger partial charge on any atom is -0.374 e. The van der Waals surface area contributed by atoms with Crippen molar-refractivity contribution in [1.29, 1.82) is 0 Å². The first-order chi connectivity index (χ1) is 5.24. The van der Waals surface area contributed by atoms with Crippen LogP contribution in [0.4, 0.5) is 0 Å². The van der Waals surface area contributed by atoms with Gasteiger partial charge in [-0.15, -0.1) is 0 Å². The fraction of sp³-hybridized carbons (Fsp3) is 0.625. The van der Waals surface area contributed by atoms with E-state index in [0.717, 1.165) is 26.2 Å². The maximum absolute atomic E-state index is 10.9. The molecule has 0 bridgehead atoms. The number of amides is 1. The van der Waals surface area contributed by atoms with Gasteiger partial charge in [0.15, 0.2) is 0 Å². The lowest BCUT2D eigenvalue weighted by Gasteiger charge is -2.33. The number of nitrogens with zero attached hydrogens (tertiary/aromatic N) is 2. The summed E-state index contributed by atoms with van der Waals surface area (Å²) in [7, 11) is 0. The lowest BCUT2D eigenvalue weighted by atomic mass is 10.3. The molecule has 3 nitrogen and oxygen atoms in total. The van der Waals surface area contributed by atoms with E-state index in [1.54, 1.807) is 6.92 Å². The zero-order valence-corrected chi connectivity index (χ0v) is 6.92. The normalized spacial score (nSPS) is 18.3. The van der Waals surface area contributed by atoms with E-state index >= 15 is 0 Å². The smallest absolute Gasteiger partial charge is 0.219 e. The molecule has 1 fully saturated rings. The van der Waals surface area contributed by atoms with Crippen molar-refractivity contribution in [2.45, 2.75) is 6.92 Å². The molecule has 0 N–H and O–H groups in total. The molecule has 3 heteroatoms. The van der Waals surface area contributed by atoms with Crippen molar-refractivity contribution < 1.29 is 4.79 Å². The quantitative estimate of drug-likeness (QED) is 0.542. The molecule has 1 heterocycles. The Morgan fingerprint density at radius 1 is 1.36 bits per heavy atom. The average molecular weight is 154 g/mol. The van der Waals surface area contributed by atoms with Crippen LogP contribution in [0.1, 0.15) is 6.92 Å². The summed E-state index contributed by atoms with van der Waals surface area (Å²) in [5, 5.41) is 0. The van der Waals surface area contributed by atoms with Crippen molar-refractivity contribution in [3.63, 3.8) is 0 Å². The third-order valence-corrected chi connectivity index (χ3v) is 2.02. The van der Waals surface area contributed by atoms with Crippen molar-refractivity contribution in [3.8, 4) is 0 Å². The molecule has 0 aromatic rings. The number of hydrogen-bond acceptors (Lipinski definition) is 2. The van der Waals surface area contributed by atoms with Gasteiger partial charge in [0.1, 0.15) is 0 Å². The lowest BCUT2D eigenvalue weighted by Crippen LogP contribution is -2.45. The minimum absolute atomic E-state index is 0.175. The second-order valence-electron chi connectivity index (χ2n) is 2.72. The highest BCUT2D eigenvalue weighted by atomic mass is 16.2. The molecular formula is C8H14N2O. The second kappa shape index (κ2) is 3.42. The van der Waals surface area contributed by atoms with Gasteiger partial charge in [0, 0.05) is 33.1 Å². The molecule has 0 aromatic carbocycles. The van der Waals surface area contributed by atoms with Crippen LogP contribution in [0.15, 0.2) is 12.8 Å². The Balaban J connectivity index is 2.35. The summed E-state index contributed by atoms with van der Waals surface area (Å²) in [6, 6.07) is 0. The van der Waals surface area contributed by atoms with Crippen molar-refractivity contribution >= 4 is 5.91 Å². The number of carbonyl (C=O) groups excluding carboxylic acids is 1. The fourth-order valence-corrected chi connectivity index (χ4v) is 1.22. The molecule has 1 saturated heterocycles. The zero-order valence-electron chi connectivity index (χ0n) is 6.92. The molecule has 0 spiro atoms. The van der Waals surface area contributed by atoms with E-state index in [0.29, 0.717) is 0 Å². The van der Waals surface area contributed by atoms with Gasteiger partial charge in [-0.25, -0.2) is 0 Å². The molecule has 1 aliphatic rings. The predicted octanol–water partition coefficient (Wildman–Crippen LogP) is 0.294. The standard InChI is InChI=1S/C8H14N2O/c1-3-9-4-6-10(7-5-9)8(2)11/h3H,1,4-7H2,2H3. The van der Waals surface area contributed by atoms with E-state index in [-0.39, 0.29) is 5.91 Å². The molecule has 0 saturated carbocycles. The largest absolute Gasteiger partial charge is 0.374 e. The van der Waals surface area contributed by atoms with E-state index in [4.69, 9.17) is 0 Å². The van der Waals surface area contributed by atoms with Gasteiger partial charge in [0.25, 0.3) is 0 Å². The summed E-state index contributed by atoms with van der Waals surface area (Å²) < 4.78 is 0. The summed E-state index contributed by atoms with van der Waals surface area (Å²) >= 11 is 0. The van der Waals surface area contributed by atoms with E-state index in [9.17, 15) is 4.79 Å². The molecule has 0 unspecified atom stereocenters. The van der Waals surface area contributed by atoms with Crippen LogP contribution in [-0.4, -0.2) is 41.9 Å². The number of hydrogen-bond donors (Lipinski definition) is 0. The molecule has 0 atom stereocenters. The molecule has 0 aliphatic carbocycles. The van der Waals surface area contributed by atoms with Crippen molar-refractivity contribution in [2.75, 3.05) is 26.2 Å². The molecule has 62 valence electrons. The summed E-state index contributed by atoms with van der Waals surface area (Å²) in [5.74, 6) is 0.175. The molecule has 1 aliphatic heterocycles. The van der Waals surface area contributed by atoms with Crippen LogP contribution in [0.2, 0.25) is 0 Å². The minimum atomic E-state index is 0.175. The zero-order chi connectivity index (χ0) is 8.27. The Hall–Kier alpha value is -0.990. The van der Waals surface area contributed by atoms with Gasteiger partial charge in [-0.3, -0.25) is 4.79 Å². The second-order valence-corrected chi connectivity index (χ2v) is 2.72. The molecule has 0 radical (unpaired) electrons. The summed E-state index contributed by atoms with van der Waals surface area (Å²) in [5.41, 5.74) is 0. The van der Waals surface area contributed by atoms with Gasteiger partial charge in [-0.05, 0) is 6.20 Å². The molecule has 1 amide bonds. The Labute approximate surface area is 67.3 Å². The highest BCUT2D eigenvalue weighted by Gasteiger charge is 2.15. The summed E-state index contributed by atoms with van der Waals surface area (Å²) in [4.78, 5) is 14.9. The van der Waals surface area contributed by atoms with Gasteiger partial charge in [-0.2, -0.15) is 0 Å².